The number of nitrogens with zero attached hydrogens (tertiary/aromatic N) is 15. The Morgan fingerprint density at radius 2 is 0.909 bits per heavy atom. The minimum atomic E-state index is -3.11. The van der Waals surface area contributed by atoms with Crippen molar-refractivity contribution in [2.24, 2.45) is 16.1 Å². The number of hydrogen-bond donors (Lipinski definition) is 1. The number of benzene rings is 2. The lowest BCUT2D eigenvalue weighted by Crippen LogP contribution is -2.53. The largest absolute Gasteiger partial charge is 0.340 e. The first kappa shape index (κ1) is 77.3. The third-order valence-corrected chi connectivity index (χ3v) is 21.2. The maximum atomic E-state index is 12.9. The Kier molecular flexibility index (Phi) is 28.3. The van der Waals surface area contributed by atoms with Crippen LogP contribution in [0.4, 0.5) is 0 Å². The molecule has 3 aromatic heterocycles. The summed E-state index contributed by atoms with van der Waals surface area (Å²) in [6.45, 7) is 44.4. The zero-order valence-electron chi connectivity index (χ0n) is 61.1. The van der Waals surface area contributed by atoms with Crippen LogP contribution in [0, 0.1) is 19.8 Å². The molecular weight excluding hydrogens is 1270 g/mol. The van der Waals surface area contributed by atoms with Crippen LogP contribution in [0.15, 0.2) is 106 Å². The molecule has 0 unspecified atom stereocenters. The lowest BCUT2D eigenvalue weighted by Gasteiger charge is -2.39. The van der Waals surface area contributed by atoms with Crippen LogP contribution >= 0.6 is 0 Å². The summed E-state index contributed by atoms with van der Waals surface area (Å²) in [7, 11) is -3.11. The number of azo groups is 1. The van der Waals surface area contributed by atoms with Gasteiger partial charge in [-0.1, -0.05) is 24.3 Å². The monoisotopic (exact) mass is 1380 g/mol. The second-order valence-corrected chi connectivity index (χ2v) is 30.2. The number of H-pyrrole nitrogens is 1. The van der Waals surface area contributed by atoms with E-state index in [4.69, 9.17) is 0 Å². The standard InChI is InChI=1S/2C18H23N3O.C14H27N3O3S.C13H19N3O2.C11H18N4O/c1-13(2)20-8-10-21(11-9-20)18(22)16-6-7-17-15(12-16)5-4-14(3)19-17;1-13(2)20-8-10-21(11-9-20)18(22)16-12-14(3)19-17-7-5-4-6-15(16)17;1-12(2)15-8-10-16(11-9-15)14(18)13-4-6-17(7-5-13)21(3,19)20;1-10(2)15-6-8-16(9-7-15)13(18)11-4-3-5-14-12(11)17;1-9(2)14-5-7-15(8-6-14)11(16)10-3-4-12-13-10/h2*4-7,12-13H,8-11H2,1-3H3;12-13H,4-11H2,1-3H3;3-5,10H,6-9H2,1-2H3,(H,14,17);3,9H,4-8H2,1-2H3. The van der Waals surface area contributed by atoms with Crippen LogP contribution in [0.3, 0.4) is 0 Å². The molecule has 0 aliphatic carbocycles. The highest BCUT2D eigenvalue weighted by atomic mass is 32.2. The summed E-state index contributed by atoms with van der Waals surface area (Å²) in [5.74, 6) is 0.334. The smallest absolute Gasteiger partial charge is 0.274 e. The van der Waals surface area contributed by atoms with E-state index in [0.29, 0.717) is 81.5 Å². The van der Waals surface area contributed by atoms with E-state index in [2.05, 4.69) is 119 Å². The molecule has 7 aliphatic heterocycles. The fourth-order valence-electron chi connectivity index (χ4n) is 13.5. The molecule has 25 heteroatoms. The Morgan fingerprint density at radius 3 is 1.36 bits per heavy atom. The molecule has 5 amide bonds. The summed E-state index contributed by atoms with van der Waals surface area (Å²) in [4.78, 5) is 107. The van der Waals surface area contributed by atoms with Crippen LogP contribution < -0.4 is 5.56 Å². The summed E-state index contributed by atoms with van der Waals surface area (Å²) in [5, 5.41) is 9.62. The van der Waals surface area contributed by atoms with Gasteiger partial charge in [-0.25, -0.2) is 12.7 Å². The summed E-state index contributed by atoms with van der Waals surface area (Å²) in [5.41, 5.74) is 5.70. The van der Waals surface area contributed by atoms with E-state index in [1.54, 1.807) is 23.1 Å². The van der Waals surface area contributed by atoms with Gasteiger partial charge < -0.3 is 29.5 Å². The van der Waals surface area contributed by atoms with Crippen molar-refractivity contribution >= 4 is 61.4 Å². The van der Waals surface area contributed by atoms with Gasteiger partial charge in [0.05, 0.1) is 29.4 Å². The molecule has 99 heavy (non-hydrogen) atoms. The Hall–Kier alpha value is -7.39. The number of fused-ring (bicyclic) bond motifs is 2. The minimum Gasteiger partial charge on any atom is -0.340 e. The SMILES string of the molecule is CC(C)N1CCN(C(=O)C2=CCN=N2)CC1.CC(C)N1CCN(C(=O)C2CCN(S(C)(=O)=O)CC2)CC1.CC(C)N1CCN(C(=O)c2ccc[nH]c2=O)CC1.Cc1cc(C(=O)N2CCN(C(C)C)CC2)c2ccccc2n1.Cc1ccc2cc(C(=O)N3CCN(C(C)C)CC3)ccc2n1. The average Bonchev–Trinajstić information content (AvgIpc) is 0.938. The Bertz CT molecular complexity index is 3750. The van der Waals surface area contributed by atoms with Gasteiger partial charge in [-0.3, -0.25) is 63.2 Å². The first-order valence-corrected chi connectivity index (χ1v) is 37.6. The molecule has 7 aliphatic rings. The van der Waals surface area contributed by atoms with Crippen molar-refractivity contribution in [2.45, 2.75) is 126 Å². The van der Waals surface area contributed by atoms with Crippen LogP contribution in [0.2, 0.25) is 0 Å². The maximum Gasteiger partial charge on any atom is 0.274 e. The average molecular weight is 1380 g/mol. The van der Waals surface area contributed by atoms with Crippen molar-refractivity contribution < 1.29 is 32.4 Å². The maximum absolute atomic E-state index is 12.9. The molecule has 6 fully saturated rings. The number of piperidine rings is 1. The molecule has 12 rings (SSSR count). The van der Waals surface area contributed by atoms with Gasteiger partial charge in [0.1, 0.15) is 11.3 Å². The van der Waals surface area contributed by atoms with Gasteiger partial charge in [0.25, 0.3) is 29.2 Å². The highest BCUT2D eigenvalue weighted by molar-refractivity contribution is 7.88. The lowest BCUT2D eigenvalue weighted by atomic mass is 9.96. The van der Waals surface area contributed by atoms with Crippen LogP contribution in [0.25, 0.3) is 21.8 Å². The number of carbonyl (C=O) groups excluding carboxylic acids is 5. The fourth-order valence-corrected chi connectivity index (χ4v) is 14.3. The molecule has 0 saturated carbocycles. The molecule has 540 valence electrons. The number of aromatic nitrogens is 3. The molecule has 24 nitrogen and oxygen atoms in total. The molecule has 5 aromatic rings. The van der Waals surface area contributed by atoms with Gasteiger partial charge in [-0.05, 0) is 151 Å². The molecular formula is C74H110N16O8S. The molecule has 6 saturated heterocycles. The van der Waals surface area contributed by atoms with Gasteiger partial charge in [0.15, 0.2) is 0 Å². The summed E-state index contributed by atoms with van der Waals surface area (Å²) in [6, 6.07) is 25.5. The van der Waals surface area contributed by atoms with Crippen LogP contribution in [-0.4, -0.2) is 293 Å². The van der Waals surface area contributed by atoms with E-state index in [9.17, 15) is 37.2 Å². The van der Waals surface area contributed by atoms with E-state index in [-0.39, 0.29) is 46.6 Å². The van der Waals surface area contributed by atoms with Gasteiger partial charge >= 0.3 is 0 Å². The first-order chi connectivity index (χ1) is 47.2. The number of rotatable bonds is 11. The predicted molar refractivity (Wildman–Crippen MR) is 391 cm³/mol. The number of carbonyl (C=O) groups is 5. The fraction of sp³-hybridized carbons (Fsp3) is 0.595. The number of piperazine rings is 5. The second-order valence-electron chi connectivity index (χ2n) is 28.2. The highest BCUT2D eigenvalue weighted by Gasteiger charge is 2.34. The summed E-state index contributed by atoms with van der Waals surface area (Å²) < 4.78 is 24.5. The van der Waals surface area contributed by atoms with E-state index in [1.807, 2.05) is 94.1 Å². The molecule has 0 atom stereocenters. The van der Waals surface area contributed by atoms with Gasteiger partial charge in [0.2, 0.25) is 15.9 Å². The number of hydrogen-bond acceptors (Lipinski definition) is 17. The van der Waals surface area contributed by atoms with Crippen LogP contribution in [0.5, 0.6) is 0 Å². The van der Waals surface area contributed by atoms with E-state index in [0.717, 1.165) is 162 Å². The number of aromatic amines is 1. The number of nitrogens with one attached hydrogen (secondary N) is 1. The molecule has 0 bridgehead atoms. The lowest BCUT2D eigenvalue weighted by molar-refractivity contribution is -0.138. The number of para-hydroxylation sites is 1. The van der Waals surface area contributed by atoms with Crippen molar-refractivity contribution in [1.29, 1.82) is 0 Å². The van der Waals surface area contributed by atoms with Crippen LogP contribution in [0.1, 0.15) is 125 Å². The van der Waals surface area contributed by atoms with Crippen LogP contribution in [-0.2, 0) is 19.6 Å². The van der Waals surface area contributed by atoms with Crippen molar-refractivity contribution in [3.63, 3.8) is 0 Å². The third kappa shape index (κ3) is 21.6. The van der Waals surface area contributed by atoms with E-state index >= 15 is 0 Å². The van der Waals surface area contributed by atoms with Gasteiger partial charge in [-0.2, -0.15) is 10.2 Å². The third-order valence-electron chi connectivity index (χ3n) is 19.9. The number of sulfonamides is 1. The summed E-state index contributed by atoms with van der Waals surface area (Å²) in [6.07, 6.45) is 5.86. The van der Waals surface area contributed by atoms with Crippen molar-refractivity contribution in [1.82, 2.24) is 68.3 Å². The zero-order chi connectivity index (χ0) is 71.7. The Morgan fingerprint density at radius 1 is 0.465 bits per heavy atom. The highest BCUT2D eigenvalue weighted by Crippen LogP contribution is 2.25. The first-order valence-electron chi connectivity index (χ1n) is 35.8. The zero-order valence-corrected chi connectivity index (χ0v) is 61.9. The predicted octanol–water partition coefficient (Wildman–Crippen LogP) is 7.06. The molecule has 2 aromatic carbocycles. The van der Waals surface area contributed by atoms with Gasteiger partial charge in [-0.15, -0.1) is 0 Å². The van der Waals surface area contributed by atoms with Gasteiger partial charge in [0, 0.05) is 214 Å². The Labute approximate surface area is 587 Å². The number of aryl methyl sites for hydroxylation is 2. The summed E-state index contributed by atoms with van der Waals surface area (Å²) >= 11 is 0. The number of pyridine rings is 3. The minimum absolute atomic E-state index is 0.00593. The molecule has 10 heterocycles. The molecule has 0 radical (unpaired) electrons. The van der Waals surface area contributed by atoms with E-state index < -0.39 is 10.0 Å². The Balaban J connectivity index is 0.000000158. The second kappa shape index (κ2) is 36.3. The normalized spacial score (nSPS) is 19.0. The molecule has 1 N–H and O–H groups in total. The number of amides is 5. The van der Waals surface area contributed by atoms with E-state index in [1.165, 1.54) is 16.8 Å². The quantitative estimate of drug-likeness (QED) is 0.139. The van der Waals surface area contributed by atoms with Crippen molar-refractivity contribution in [3.05, 3.63) is 129 Å². The topological polar surface area (TPSA) is 238 Å². The van der Waals surface area contributed by atoms with Crippen molar-refractivity contribution in [3.8, 4) is 0 Å². The molecule has 0 spiro atoms. The van der Waals surface area contributed by atoms with Crippen molar-refractivity contribution in [2.75, 3.05) is 157 Å².